The largest absolute Gasteiger partial charge is 0.480 e. The lowest BCUT2D eigenvalue weighted by Crippen LogP contribution is -2.35. The van der Waals surface area contributed by atoms with Gasteiger partial charge in [0.2, 0.25) is 5.91 Å². The highest BCUT2D eigenvalue weighted by Gasteiger charge is 2.34. The summed E-state index contributed by atoms with van der Waals surface area (Å²) in [5.41, 5.74) is 4.51. The van der Waals surface area contributed by atoms with Gasteiger partial charge in [-0.05, 0) is 6.07 Å². The molecule has 132 valence electrons. The minimum absolute atomic E-state index is 0.0592. The molecule has 24 heavy (non-hydrogen) atoms. The Morgan fingerprint density at radius 2 is 2.25 bits per heavy atom. The number of carboxylic acid groups (broad SMARTS) is 1. The third-order valence-corrected chi connectivity index (χ3v) is 3.51. The molecule has 1 aromatic heterocycles. The molecule has 6 N–H and O–H groups in total. The van der Waals surface area contributed by atoms with Gasteiger partial charge in [0.25, 0.3) is 0 Å². The average molecular weight is 342 g/mol. The van der Waals surface area contributed by atoms with E-state index in [-0.39, 0.29) is 18.8 Å². The molecule has 1 aromatic rings. The van der Waals surface area contributed by atoms with Gasteiger partial charge in [-0.15, -0.1) is 0 Å². The van der Waals surface area contributed by atoms with E-state index in [0.717, 1.165) is 4.57 Å². The van der Waals surface area contributed by atoms with E-state index in [1.54, 1.807) is 0 Å². The van der Waals surface area contributed by atoms with Crippen molar-refractivity contribution in [3.8, 4) is 0 Å². The number of carboxylic acids is 1. The molecule has 2 heterocycles. The lowest BCUT2D eigenvalue weighted by atomic mass is 10.2. The molecule has 1 unspecified atom stereocenters. The third kappa shape index (κ3) is 4.14. The van der Waals surface area contributed by atoms with Crippen molar-refractivity contribution in [1.82, 2.24) is 9.55 Å². The number of nitrogens with one attached hydrogen (secondary N) is 1. The fraction of sp³-hybridized carbons (Fsp3) is 0.538. The average Bonchev–Trinajstić information content (AvgIpc) is 2.87. The van der Waals surface area contributed by atoms with E-state index < -0.39 is 48.5 Å². The van der Waals surface area contributed by atoms with Gasteiger partial charge in [-0.1, -0.05) is 0 Å². The highest BCUT2D eigenvalue weighted by Crippen LogP contribution is 2.27. The van der Waals surface area contributed by atoms with Crippen molar-refractivity contribution < 1.29 is 29.6 Å². The molecule has 0 aliphatic carbocycles. The number of nitrogens with zero attached hydrogens (tertiary/aromatic N) is 2. The van der Waals surface area contributed by atoms with E-state index >= 15 is 0 Å². The summed E-state index contributed by atoms with van der Waals surface area (Å²) in [6.45, 7) is -0.377. The molecule has 0 spiro atoms. The maximum absolute atomic E-state index is 12.0. The lowest BCUT2D eigenvalue weighted by molar-refractivity contribution is -0.140. The summed E-state index contributed by atoms with van der Waals surface area (Å²) in [6.07, 6.45) is -1.48. The summed E-state index contributed by atoms with van der Waals surface area (Å²) in [6, 6.07) is -0.0256. The standard InChI is InChI=1S/C13H18N4O7/c14-6(12(21)22)3-10(20)15-9-1-2-17(13(23)16-9)11-4-7(19)8(5-18)24-11/h1-2,6-8,11,18-19H,3-5,14H2,(H,21,22)(H,15,16,20,23)/t6-,7?,8+,11+/m0/s1. The maximum atomic E-state index is 12.0. The molecule has 11 heteroatoms. The molecule has 0 radical (unpaired) electrons. The molecule has 0 bridgehead atoms. The summed E-state index contributed by atoms with van der Waals surface area (Å²) >= 11 is 0. The van der Waals surface area contributed by atoms with Crippen molar-refractivity contribution in [2.75, 3.05) is 11.9 Å². The first-order valence-electron chi connectivity index (χ1n) is 7.13. The van der Waals surface area contributed by atoms with Gasteiger partial charge in [-0.25, -0.2) is 4.79 Å². The number of aliphatic hydroxyl groups excluding tert-OH is 2. The second-order valence-electron chi connectivity index (χ2n) is 5.31. The molecule has 4 atom stereocenters. The highest BCUT2D eigenvalue weighted by molar-refractivity contribution is 5.93. The van der Waals surface area contributed by atoms with E-state index in [2.05, 4.69) is 10.3 Å². The Bertz CT molecular complexity index is 677. The number of hydrogen-bond acceptors (Lipinski definition) is 8. The summed E-state index contributed by atoms with van der Waals surface area (Å²) < 4.78 is 6.47. The van der Waals surface area contributed by atoms with Gasteiger partial charge in [0.05, 0.1) is 19.1 Å². The Morgan fingerprint density at radius 3 is 2.79 bits per heavy atom. The number of nitrogens with two attached hydrogens (primary N) is 1. The number of hydrogen-bond donors (Lipinski definition) is 5. The van der Waals surface area contributed by atoms with Crippen LogP contribution in [0.3, 0.4) is 0 Å². The number of amides is 1. The number of aliphatic hydroxyl groups is 2. The molecule has 11 nitrogen and oxygen atoms in total. The van der Waals surface area contributed by atoms with Crippen LogP contribution in [-0.4, -0.2) is 61.6 Å². The molecule has 1 aliphatic heterocycles. The normalized spacial score (nSPS) is 24.5. The van der Waals surface area contributed by atoms with Crippen molar-refractivity contribution in [1.29, 1.82) is 0 Å². The number of carbonyl (C=O) groups is 2. The number of carbonyl (C=O) groups excluding carboxylic acids is 1. The first-order valence-corrected chi connectivity index (χ1v) is 7.13. The predicted octanol–water partition coefficient (Wildman–Crippen LogP) is -2.38. The van der Waals surface area contributed by atoms with Crippen molar-refractivity contribution >= 4 is 17.7 Å². The summed E-state index contributed by atoms with van der Waals surface area (Å²) in [7, 11) is 0. The Hall–Kier alpha value is -2.34. The van der Waals surface area contributed by atoms with Gasteiger partial charge in [-0.2, -0.15) is 4.98 Å². The predicted molar refractivity (Wildman–Crippen MR) is 79.0 cm³/mol. The van der Waals surface area contributed by atoms with Crippen LogP contribution >= 0.6 is 0 Å². The number of ether oxygens (including phenoxy) is 1. The molecule has 1 aliphatic rings. The van der Waals surface area contributed by atoms with Gasteiger partial charge >= 0.3 is 11.7 Å². The number of aromatic nitrogens is 2. The molecule has 2 rings (SSSR count). The van der Waals surface area contributed by atoms with E-state index in [0.29, 0.717) is 0 Å². The van der Waals surface area contributed by atoms with Crippen LogP contribution in [0.5, 0.6) is 0 Å². The Morgan fingerprint density at radius 1 is 1.54 bits per heavy atom. The van der Waals surface area contributed by atoms with Crippen LogP contribution in [0.4, 0.5) is 5.82 Å². The topological polar surface area (TPSA) is 177 Å². The Balaban J connectivity index is 2.04. The molecular formula is C13H18N4O7. The van der Waals surface area contributed by atoms with E-state index in [9.17, 15) is 19.5 Å². The van der Waals surface area contributed by atoms with Crippen LogP contribution in [0.2, 0.25) is 0 Å². The molecule has 1 saturated heterocycles. The number of aliphatic carboxylic acids is 1. The van der Waals surface area contributed by atoms with Crippen LogP contribution < -0.4 is 16.7 Å². The number of anilines is 1. The van der Waals surface area contributed by atoms with Crippen molar-refractivity contribution in [3.63, 3.8) is 0 Å². The lowest BCUT2D eigenvalue weighted by Gasteiger charge is -2.14. The second kappa shape index (κ2) is 7.49. The minimum atomic E-state index is -1.35. The number of rotatable bonds is 6. The SMILES string of the molecule is N[C@@H](CC(=O)Nc1ccn([C@H]2CC(O)[C@@H](CO)O2)c(=O)n1)C(=O)O. The third-order valence-electron chi connectivity index (χ3n) is 3.51. The molecular weight excluding hydrogens is 324 g/mol. The first-order chi connectivity index (χ1) is 11.3. The molecule has 1 fully saturated rings. The zero-order valence-corrected chi connectivity index (χ0v) is 12.5. The summed E-state index contributed by atoms with van der Waals surface area (Å²) in [5, 5.41) is 29.6. The van der Waals surface area contributed by atoms with Gasteiger partial charge in [0.15, 0.2) is 0 Å². The van der Waals surface area contributed by atoms with Crippen molar-refractivity contribution in [2.24, 2.45) is 5.73 Å². The van der Waals surface area contributed by atoms with Crippen molar-refractivity contribution in [3.05, 3.63) is 22.7 Å². The van der Waals surface area contributed by atoms with Gasteiger partial charge in [-0.3, -0.25) is 14.2 Å². The zero-order chi connectivity index (χ0) is 17.9. The van der Waals surface area contributed by atoms with Gasteiger partial charge in [0, 0.05) is 12.6 Å². The quantitative estimate of drug-likeness (QED) is 0.378. The second-order valence-corrected chi connectivity index (χ2v) is 5.31. The van der Waals surface area contributed by atoms with Gasteiger partial charge < -0.3 is 31.1 Å². The van der Waals surface area contributed by atoms with Crippen molar-refractivity contribution in [2.45, 2.75) is 37.3 Å². The summed E-state index contributed by atoms with van der Waals surface area (Å²) in [4.78, 5) is 37.8. The molecule has 0 saturated carbocycles. The highest BCUT2D eigenvalue weighted by atomic mass is 16.5. The Labute approximate surface area is 135 Å². The van der Waals surface area contributed by atoms with Crippen LogP contribution in [0, 0.1) is 0 Å². The zero-order valence-electron chi connectivity index (χ0n) is 12.5. The molecule has 0 aromatic carbocycles. The fourth-order valence-corrected chi connectivity index (χ4v) is 2.23. The Kier molecular flexibility index (Phi) is 5.62. The maximum Gasteiger partial charge on any atom is 0.351 e. The smallest absolute Gasteiger partial charge is 0.351 e. The van der Waals surface area contributed by atoms with Gasteiger partial charge in [0.1, 0.15) is 24.2 Å². The summed E-state index contributed by atoms with van der Waals surface area (Å²) in [5.74, 6) is -2.07. The van der Waals surface area contributed by atoms with Crippen LogP contribution in [-0.2, 0) is 14.3 Å². The van der Waals surface area contributed by atoms with Crippen LogP contribution in [0.15, 0.2) is 17.1 Å². The monoisotopic (exact) mass is 342 g/mol. The van der Waals surface area contributed by atoms with Crippen LogP contribution in [0.1, 0.15) is 19.1 Å². The first kappa shape index (κ1) is 18.0. The van der Waals surface area contributed by atoms with Crippen LogP contribution in [0.25, 0.3) is 0 Å². The van der Waals surface area contributed by atoms with E-state index in [1.807, 2.05) is 0 Å². The molecule has 1 amide bonds. The minimum Gasteiger partial charge on any atom is -0.480 e. The fourth-order valence-electron chi connectivity index (χ4n) is 2.23. The van der Waals surface area contributed by atoms with E-state index in [4.69, 9.17) is 20.7 Å². The van der Waals surface area contributed by atoms with E-state index in [1.165, 1.54) is 12.3 Å².